The summed E-state index contributed by atoms with van der Waals surface area (Å²) in [5.41, 5.74) is 3.45. The van der Waals surface area contributed by atoms with Crippen LogP contribution in [0.4, 0.5) is 5.69 Å². The van der Waals surface area contributed by atoms with Gasteiger partial charge >= 0.3 is 0 Å². The van der Waals surface area contributed by atoms with Gasteiger partial charge in [-0.1, -0.05) is 38.1 Å². The zero-order chi connectivity index (χ0) is 16.2. The maximum absolute atomic E-state index is 12.0. The van der Waals surface area contributed by atoms with Gasteiger partial charge in [0.25, 0.3) is 0 Å². The number of para-hydroxylation sites is 2. The number of benzene rings is 2. The lowest BCUT2D eigenvalue weighted by molar-refractivity contribution is -0.111. The Kier molecular flexibility index (Phi) is 4.24. The molecule has 0 bridgehead atoms. The van der Waals surface area contributed by atoms with E-state index in [9.17, 15) is 4.79 Å². The van der Waals surface area contributed by atoms with Crippen molar-refractivity contribution in [3.05, 3.63) is 66.1 Å². The van der Waals surface area contributed by atoms with Crippen LogP contribution in [-0.2, 0) is 4.79 Å². The average Bonchev–Trinajstić information content (AvgIpc) is 2.96. The van der Waals surface area contributed by atoms with E-state index in [1.54, 1.807) is 6.08 Å². The van der Waals surface area contributed by atoms with E-state index in [-0.39, 0.29) is 5.91 Å². The summed E-state index contributed by atoms with van der Waals surface area (Å²) in [5, 5.41) is 2.85. The summed E-state index contributed by atoms with van der Waals surface area (Å²) < 4.78 is 5.54. The first-order valence-corrected chi connectivity index (χ1v) is 7.56. The molecule has 1 aromatic heterocycles. The monoisotopic (exact) mass is 306 g/mol. The Morgan fingerprint density at radius 3 is 2.78 bits per heavy atom. The van der Waals surface area contributed by atoms with E-state index in [0.29, 0.717) is 17.4 Å². The molecule has 0 aliphatic heterocycles. The molecule has 0 unspecified atom stereocenters. The summed E-state index contributed by atoms with van der Waals surface area (Å²) in [6.07, 6.45) is 2.99. The van der Waals surface area contributed by atoms with E-state index in [1.165, 1.54) is 11.6 Å². The topological polar surface area (TPSA) is 55.1 Å². The molecule has 1 amide bonds. The Morgan fingerprint density at radius 2 is 2.00 bits per heavy atom. The van der Waals surface area contributed by atoms with Crippen molar-refractivity contribution in [2.24, 2.45) is 0 Å². The number of hydrogen-bond donors (Lipinski definition) is 1. The van der Waals surface area contributed by atoms with Gasteiger partial charge in [-0.2, -0.15) is 0 Å². The third-order valence-electron chi connectivity index (χ3n) is 3.51. The highest BCUT2D eigenvalue weighted by Gasteiger charge is 2.04. The molecule has 0 radical (unpaired) electrons. The van der Waals surface area contributed by atoms with Crippen LogP contribution in [0.25, 0.3) is 17.2 Å². The van der Waals surface area contributed by atoms with Gasteiger partial charge in [-0.15, -0.1) is 0 Å². The third kappa shape index (κ3) is 3.66. The van der Waals surface area contributed by atoms with Crippen molar-refractivity contribution in [1.82, 2.24) is 4.98 Å². The molecule has 0 saturated heterocycles. The first kappa shape index (κ1) is 15.0. The fraction of sp³-hybridized carbons (Fsp3) is 0.158. The number of fused-ring (bicyclic) bond motifs is 1. The molecule has 1 heterocycles. The van der Waals surface area contributed by atoms with Crippen LogP contribution in [-0.4, -0.2) is 10.9 Å². The van der Waals surface area contributed by atoms with Crippen LogP contribution in [0, 0.1) is 0 Å². The first-order valence-electron chi connectivity index (χ1n) is 7.56. The summed E-state index contributed by atoms with van der Waals surface area (Å²) in [4.78, 5) is 16.3. The Balaban J connectivity index is 1.70. The molecule has 1 N–H and O–H groups in total. The quantitative estimate of drug-likeness (QED) is 0.716. The standard InChI is InChI=1S/C19H18N2O2/c1-13(2)14-6-5-7-15(12-14)20-18(22)10-11-19-21-16-8-3-4-9-17(16)23-19/h3-13H,1-2H3,(H,20,22)/b11-10+. The normalized spacial score (nSPS) is 11.4. The Morgan fingerprint density at radius 1 is 1.17 bits per heavy atom. The molecular weight excluding hydrogens is 288 g/mol. The van der Waals surface area contributed by atoms with E-state index in [0.717, 1.165) is 11.2 Å². The lowest BCUT2D eigenvalue weighted by Crippen LogP contribution is -2.08. The second-order valence-corrected chi connectivity index (χ2v) is 5.62. The fourth-order valence-electron chi connectivity index (χ4n) is 2.27. The molecule has 0 aliphatic rings. The molecule has 4 heteroatoms. The first-order chi connectivity index (χ1) is 11.1. The molecule has 0 fully saturated rings. The molecule has 3 rings (SSSR count). The maximum atomic E-state index is 12.0. The van der Waals surface area contributed by atoms with Crippen LogP contribution >= 0.6 is 0 Å². The summed E-state index contributed by atoms with van der Waals surface area (Å²) >= 11 is 0. The van der Waals surface area contributed by atoms with Gasteiger partial charge in [-0.25, -0.2) is 4.98 Å². The number of carbonyl (C=O) groups excluding carboxylic acids is 1. The summed E-state index contributed by atoms with van der Waals surface area (Å²) in [5.74, 6) is 0.618. The highest BCUT2D eigenvalue weighted by Crippen LogP contribution is 2.19. The summed E-state index contributed by atoms with van der Waals surface area (Å²) in [6, 6.07) is 15.3. The number of anilines is 1. The van der Waals surface area contributed by atoms with Crippen molar-refractivity contribution in [2.75, 3.05) is 5.32 Å². The van der Waals surface area contributed by atoms with Gasteiger partial charge in [0, 0.05) is 17.8 Å². The fourth-order valence-corrected chi connectivity index (χ4v) is 2.27. The molecule has 116 valence electrons. The largest absolute Gasteiger partial charge is 0.437 e. The van der Waals surface area contributed by atoms with E-state index >= 15 is 0 Å². The molecule has 0 aliphatic carbocycles. The minimum atomic E-state index is -0.215. The van der Waals surface area contributed by atoms with Gasteiger partial charge in [0.1, 0.15) is 5.52 Å². The van der Waals surface area contributed by atoms with Crippen LogP contribution < -0.4 is 5.32 Å². The number of aromatic nitrogens is 1. The van der Waals surface area contributed by atoms with Crippen LogP contribution in [0.2, 0.25) is 0 Å². The summed E-state index contributed by atoms with van der Waals surface area (Å²) in [6.45, 7) is 4.24. The molecule has 3 aromatic rings. The average molecular weight is 306 g/mol. The third-order valence-corrected chi connectivity index (χ3v) is 3.51. The zero-order valence-electron chi connectivity index (χ0n) is 13.1. The van der Waals surface area contributed by atoms with Gasteiger partial charge in [-0.05, 0) is 35.7 Å². The number of nitrogens with one attached hydrogen (secondary N) is 1. The predicted molar refractivity (Wildman–Crippen MR) is 92.2 cm³/mol. The second-order valence-electron chi connectivity index (χ2n) is 5.62. The van der Waals surface area contributed by atoms with E-state index < -0.39 is 0 Å². The highest BCUT2D eigenvalue weighted by molar-refractivity contribution is 6.01. The van der Waals surface area contributed by atoms with Crippen LogP contribution in [0.3, 0.4) is 0 Å². The smallest absolute Gasteiger partial charge is 0.248 e. The molecule has 0 saturated carbocycles. The Hall–Kier alpha value is -2.88. The number of oxazole rings is 1. The number of rotatable bonds is 4. The molecule has 23 heavy (non-hydrogen) atoms. The molecule has 0 atom stereocenters. The van der Waals surface area contributed by atoms with Crippen LogP contribution in [0.1, 0.15) is 31.2 Å². The second kappa shape index (κ2) is 6.48. The highest BCUT2D eigenvalue weighted by atomic mass is 16.3. The van der Waals surface area contributed by atoms with Crippen molar-refractivity contribution in [1.29, 1.82) is 0 Å². The SMILES string of the molecule is CC(C)c1cccc(NC(=O)/C=C/c2nc3ccccc3o2)c1. The predicted octanol–water partition coefficient (Wildman–Crippen LogP) is 4.60. The number of nitrogens with zero attached hydrogens (tertiary/aromatic N) is 1. The lowest BCUT2D eigenvalue weighted by Gasteiger charge is -2.08. The molecule has 0 spiro atoms. The van der Waals surface area contributed by atoms with Gasteiger partial charge < -0.3 is 9.73 Å². The molecule has 4 nitrogen and oxygen atoms in total. The van der Waals surface area contributed by atoms with Crippen LogP contribution in [0.15, 0.2) is 59.0 Å². The Labute approximate surface area is 134 Å². The number of carbonyl (C=O) groups is 1. The van der Waals surface area contributed by atoms with Crippen LogP contribution in [0.5, 0.6) is 0 Å². The van der Waals surface area contributed by atoms with E-state index in [2.05, 4.69) is 30.2 Å². The Bertz CT molecular complexity index is 829. The van der Waals surface area contributed by atoms with Gasteiger partial charge in [0.2, 0.25) is 11.8 Å². The van der Waals surface area contributed by atoms with Gasteiger partial charge in [-0.3, -0.25) is 4.79 Å². The lowest BCUT2D eigenvalue weighted by atomic mass is 10.0. The zero-order valence-corrected chi connectivity index (χ0v) is 13.1. The van der Waals surface area contributed by atoms with Crippen molar-refractivity contribution in [3.8, 4) is 0 Å². The van der Waals surface area contributed by atoms with Crippen molar-refractivity contribution in [2.45, 2.75) is 19.8 Å². The van der Waals surface area contributed by atoms with Crippen molar-refractivity contribution >= 4 is 28.8 Å². The van der Waals surface area contributed by atoms with E-state index in [1.807, 2.05) is 42.5 Å². The number of hydrogen-bond acceptors (Lipinski definition) is 3. The molecule has 2 aromatic carbocycles. The van der Waals surface area contributed by atoms with Gasteiger partial charge in [0.15, 0.2) is 5.58 Å². The molecular formula is C19H18N2O2. The minimum absolute atomic E-state index is 0.215. The summed E-state index contributed by atoms with van der Waals surface area (Å²) in [7, 11) is 0. The van der Waals surface area contributed by atoms with E-state index in [4.69, 9.17) is 4.42 Å². The maximum Gasteiger partial charge on any atom is 0.248 e. The number of amides is 1. The van der Waals surface area contributed by atoms with Crippen molar-refractivity contribution in [3.63, 3.8) is 0 Å². The van der Waals surface area contributed by atoms with Gasteiger partial charge in [0.05, 0.1) is 0 Å². The van der Waals surface area contributed by atoms with Crippen molar-refractivity contribution < 1.29 is 9.21 Å². The minimum Gasteiger partial charge on any atom is -0.437 e.